The van der Waals surface area contributed by atoms with E-state index in [9.17, 15) is 13.2 Å². The molecule has 174 valence electrons. The lowest BCUT2D eigenvalue weighted by atomic mass is 9.94. The summed E-state index contributed by atoms with van der Waals surface area (Å²) in [5.74, 6) is 0.659. The third-order valence-electron chi connectivity index (χ3n) is 5.37. The molecule has 1 aliphatic heterocycles. The Morgan fingerprint density at radius 3 is 2.66 bits per heavy atom. The smallest absolute Gasteiger partial charge is 0.211 e. The number of hydrogen-bond donors (Lipinski definition) is 3. The van der Waals surface area contributed by atoms with Gasteiger partial charge in [-0.1, -0.05) is 0 Å². The van der Waals surface area contributed by atoms with Gasteiger partial charge in [0.05, 0.1) is 25.7 Å². The summed E-state index contributed by atoms with van der Waals surface area (Å²) in [6, 6.07) is 8.95. The van der Waals surface area contributed by atoms with Crippen LogP contribution in [0.1, 0.15) is 37.4 Å². The molecular formula is C22H30N4O5S. The summed E-state index contributed by atoms with van der Waals surface area (Å²) in [7, 11) is -1.99. The number of amidine groups is 1. The Morgan fingerprint density at radius 2 is 2.09 bits per heavy atom. The maximum absolute atomic E-state index is 12.6. The van der Waals surface area contributed by atoms with Crippen LogP contribution in [-0.4, -0.2) is 49.9 Å². The van der Waals surface area contributed by atoms with Crippen molar-refractivity contribution in [3.8, 4) is 11.5 Å². The van der Waals surface area contributed by atoms with Crippen molar-refractivity contribution in [2.45, 2.75) is 37.9 Å². The first-order chi connectivity index (χ1) is 15.0. The molecule has 0 saturated heterocycles. The van der Waals surface area contributed by atoms with Gasteiger partial charge in [-0.2, -0.15) is 0 Å². The van der Waals surface area contributed by atoms with Gasteiger partial charge in [-0.15, -0.1) is 0 Å². The van der Waals surface area contributed by atoms with Crippen LogP contribution in [0, 0.1) is 12.3 Å². The van der Waals surface area contributed by atoms with Gasteiger partial charge in [-0.25, -0.2) is 8.42 Å². The van der Waals surface area contributed by atoms with Gasteiger partial charge in [0, 0.05) is 22.9 Å². The van der Waals surface area contributed by atoms with E-state index in [4.69, 9.17) is 20.6 Å². The lowest BCUT2D eigenvalue weighted by Gasteiger charge is -2.30. The van der Waals surface area contributed by atoms with Crippen molar-refractivity contribution in [2.24, 2.45) is 5.73 Å². The van der Waals surface area contributed by atoms with Gasteiger partial charge in [-0.05, 0) is 57.5 Å². The summed E-state index contributed by atoms with van der Waals surface area (Å²) in [6.07, 6.45) is 2.82. The number of nitrogens with one attached hydrogen (secondary N) is 2. The minimum absolute atomic E-state index is 0.125. The van der Waals surface area contributed by atoms with Gasteiger partial charge in [0.1, 0.15) is 22.1 Å². The van der Waals surface area contributed by atoms with Crippen molar-refractivity contribution < 1.29 is 22.7 Å². The van der Waals surface area contributed by atoms with Crippen LogP contribution in [0.5, 0.6) is 11.5 Å². The van der Waals surface area contributed by atoms with Crippen LogP contribution in [0.2, 0.25) is 0 Å². The number of ether oxygens (including phenoxy) is 2. The highest BCUT2D eigenvalue weighted by molar-refractivity contribution is 7.93. The number of carbonyl (C=O) groups excluding carboxylic acids is 1. The second kappa shape index (κ2) is 10.4. The number of nitrogens with two attached hydrogens (primary N) is 1. The molecule has 1 unspecified atom stereocenters. The topological polar surface area (TPSA) is 144 Å². The van der Waals surface area contributed by atoms with E-state index in [0.717, 1.165) is 17.0 Å². The van der Waals surface area contributed by atoms with E-state index < -0.39 is 14.6 Å². The number of fused-ring (bicyclic) bond motifs is 1. The Balaban J connectivity index is 0.000000336. The van der Waals surface area contributed by atoms with E-state index in [-0.39, 0.29) is 17.5 Å². The predicted molar refractivity (Wildman–Crippen MR) is 124 cm³/mol. The second-order valence-corrected chi connectivity index (χ2v) is 10.5. The van der Waals surface area contributed by atoms with Crippen molar-refractivity contribution in [2.75, 3.05) is 24.8 Å². The predicted octanol–water partition coefficient (Wildman–Crippen LogP) is 2.65. The van der Waals surface area contributed by atoms with Crippen LogP contribution in [-0.2, 0) is 14.6 Å². The first-order valence-electron chi connectivity index (χ1n) is 10.0. The Bertz CT molecular complexity index is 1050. The van der Waals surface area contributed by atoms with Gasteiger partial charge < -0.3 is 20.5 Å². The van der Waals surface area contributed by atoms with E-state index in [2.05, 4.69) is 10.3 Å². The van der Waals surface area contributed by atoms with Crippen LogP contribution in [0.25, 0.3) is 0 Å². The molecule has 0 radical (unpaired) electrons. The number of benzene rings is 1. The minimum Gasteiger partial charge on any atom is -0.495 e. The standard InChI is InChI=1S/C15H21N3O4S.C7H9NO/c1-15(2,14(16)17)23(20,21)8-10-5-6-22-13-4-3-11(18-9-19)7-12(10)13;1-6-3-4-7(9-2)5-8-6/h3-4,7,9-10H,5-6,8H2,1-2H3,(H3,16,17)(H,18,19);3-5H,1-2H3. The fraction of sp³-hybridized carbons (Fsp3) is 0.409. The average molecular weight is 463 g/mol. The van der Waals surface area contributed by atoms with Crippen LogP contribution in [0.15, 0.2) is 36.5 Å². The summed E-state index contributed by atoms with van der Waals surface area (Å²) in [5.41, 5.74) is 7.78. The monoisotopic (exact) mass is 462 g/mol. The molecule has 1 aliphatic rings. The number of amides is 1. The van der Waals surface area contributed by atoms with E-state index in [1.54, 1.807) is 31.5 Å². The molecule has 0 bridgehead atoms. The zero-order valence-electron chi connectivity index (χ0n) is 18.7. The summed E-state index contributed by atoms with van der Waals surface area (Å²) in [4.78, 5) is 14.6. The number of anilines is 1. The molecule has 10 heteroatoms. The molecule has 1 aromatic heterocycles. The van der Waals surface area contributed by atoms with E-state index in [1.165, 1.54) is 13.8 Å². The fourth-order valence-corrected chi connectivity index (χ4v) is 4.64. The van der Waals surface area contributed by atoms with E-state index >= 15 is 0 Å². The lowest BCUT2D eigenvalue weighted by Crippen LogP contribution is -2.47. The van der Waals surface area contributed by atoms with Gasteiger partial charge in [-0.3, -0.25) is 15.2 Å². The Hall–Kier alpha value is -3.14. The molecule has 0 saturated carbocycles. The highest BCUT2D eigenvalue weighted by atomic mass is 32.2. The number of pyridine rings is 1. The molecule has 32 heavy (non-hydrogen) atoms. The van der Waals surface area contributed by atoms with E-state index in [1.807, 2.05) is 19.1 Å². The Morgan fingerprint density at radius 1 is 1.38 bits per heavy atom. The number of carbonyl (C=O) groups is 1. The highest BCUT2D eigenvalue weighted by Gasteiger charge is 2.40. The SMILES string of the molecule is CC(C)(C(=N)N)S(=O)(=O)CC1CCOc2ccc(NC=O)cc21.COc1ccc(C)nc1. The fourth-order valence-electron chi connectivity index (χ4n) is 3.01. The molecule has 3 rings (SSSR count). The van der Waals surface area contributed by atoms with Crippen molar-refractivity contribution in [1.82, 2.24) is 4.98 Å². The van der Waals surface area contributed by atoms with Crippen LogP contribution < -0.4 is 20.5 Å². The van der Waals surface area contributed by atoms with Gasteiger partial charge in [0.2, 0.25) is 6.41 Å². The van der Waals surface area contributed by atoms with Crippen LogP contribution in [0.4, 0.5) is 5.69 Å². The largest absolute Gasteiger partial charge is 0.495 e. The number of nitrogens with zero attached hydrogens (tertiary/aromatic N) is 1. The Labute approximate surface area is 188 Å². The summed E-state index contributed by atoms with van der Waals surface area (Å²) >= 11 is 0. The number of sulfone groups is 1. The molecule has 1 atom stereocenters. The lowest BCUT2D eigenvalue weighted by molar-refractivity contribution is -0.105. The maximum atomic E-state index is 12.6. The zero-order valence-corrected chi connectivity index (χ0v) is 19.5. The van der Waals surface area contributed by atoms with Gasteiger partial charge >= 0.3 is 0 Å². The zero-order chi connectivity index (χ0) is 23.9. The van der Waals surface area contributed by atoms with Crippen molar-refractivity contribution in [3.05, 3.63) is 47.8 Å². The van der Waals surface area contributed by atoms with Crippen molar-refractivity contribution >= 4 is 27.8 Å². The molecule has 2 heterocycles. The molecule has 4 N–H and O–H groups in total. The quantitative estimate of drug-likeness (QED) is 0.326. The molecular weight excluding hydrogens is 432 g/mol. The number of methoxy groups -OCH3 is 1. The first-order valence-corrected chi connectivity index (χ1v) is 11.7. The molecule has 0 fully saturated rings. The molecule has 0 spiro atoms. The average Bonchev–Trinajstić information content (AvgIpc) is 2.75. The summed E-state index contributed by atoms with van der Waals surface area (Å²) in [5, 5.41) is 10.1. The van der Waals surface area contributed by atoms with Gasteiger partial charge in [0.15, 0.2) is 9.84 Å². The number of hydrogen-bond acceptors (Lipinski definition) is 7. The van der Waals surface area contributed by atoms with Crippen molar-refractivity contribution in [1.29, 1.82) is 5.41 Å². The Kier molecular flexibility index (Phi) is 8.20. The molecule has 1 amide bonds. The van der Waals surface area contributed by atoms with E-state index in [0.29, 0.717) is 30.9 Å². The second-order valence-electron chi connectivity index (χ2n) is 7.89. The third kappa shape index (κ3) is 5.97. The maximum Gasteiger partial charge on any atom is 0.211 e. The molecule has 2 aromatic rings. The number of rotatable bonds is 7. The molecule has 1 aromatic carbocycles. The van der Waals surface area contributed by atoms with Gasteiger partial charge in [0.25, 0.3) is 0 Å². The molecule has 9 nitrogen and oxygen atoms in total. The van der Waals surface area contributed by atoms with Crippen LogP contribution in [0.3, 0.4) is 0 Å². The normalized spacial score (nSPS) is 15.3. The molecule has 0 aliphatic carbocycles. The van der Waals surface area contributed by atoms with Crippen LogP contribution >= 0.6 is 0 Å². The third-order valence-corrected chi connectivity index (χ3v) is 7.98. The highest BCUT2D eigenvalue weighted by Crippen LogP contribution is 2.37. The summed E-state index contributed by atoms with van der Waals surface area (Å²) < 4.78 is 34.3. The first kappa shape index (κ1) is 25.1. The number of aryl methyl sites for hydroxylation is 1. The summed E-state index contributed by atoms with van der Waals surface area (Å²) in [6.45, 7) is 5.25. The minimum atomic E-state index is -3.62. The number of aromatic nitrogens is 1. The van der Waals surface area contributed by atoms with Crippen molar-refractivity contribution in [3.63, 3.8) is 0 Å².